The number of hydrogen-bond acceptors (Lipinski definition) is 3. The molecule has 0 spiro atoms. The molecule has 0 aliphatic heterocycles. The van der Waals surface area contributed by atoms with Crippen molar-refractivity contribution >= 4 is 22.2 Å². The van der Waals surface area contributed by atoms with Crippen LogP contribution in [-0.2, 0) is 6.42 Å². The van der Waals surface area contributed by atoms with E-state index in [1.807, 2.05) is 0 Å². The van der Waals surface area contributed by atoms with Crippen LogP contribution >= 0.6 is 11.6 Å². The fourth-order valence-corrected chi connectivity index (χ4v) is 3.62. The van der Waals surface area contributed by atoms with Gasteiger partial charge in [0.1, 0.15) is 5.82 Å². The first-order valence-electron chi connectivity index (χ1n) is 8.62. The molecular formula is C21H18ClFN2O. The third-order valence-electron chi connectivity index (χ3n) is 4.87. The highest BCUT2D eigenvalue weighted by Crippen LogP contribution is 2.39. The van der Waals surface area contributed by atoms with E-state index in [4.69, 9.17) is 16.0 Å². The molecule has 0 fully saturated rings. The van der Waals surface area contributed by atoms with Crippen LogP contribution in [0.25, 0.3) is 22.1 Å². The zero-order valence-electron chi connectivity index (χ0n) is 14.6. The Bertz CT molecular complexity index is 1010. The minimum Gasteiger partial charge on any atom is -0.416 e. The molecule has 0 radical (unpaired) electrons. The van der Waals surface area contributed by atoms with Crippen molar-refractivity contribution in [1.82, 2.24) is 10.2 Å². The number of hydrogen-bond donors (Lipinski definition) is 0. The molecule has 0 saturated carbocycles. The largest absolute Gasteiger partial charge is 0.416 e. The number of halogens is 2. The molecule has 0 saturated heterocycles. The Kier molecular flexibility index (Phi) is 4.37. The van der Waals surface area contributed by atoms with Crippen molar-refractivity contribution in [3.8, 4) is 11.5 Å². The normalized spacial score (nSPS) is 14.3. The number of aromatic nitrogens is 2. The van der Waals surface area contributed by atoms with E-state index in [2.05, 4.69) is 36.2 Å². The molecule has 0 bridgehead atoms. The van der Waals surface area contributed by atoms with E-state index in [1.54, 1.807) is 12.1 Å². The van der Waals surface area contributed by atoms with E-state index in [0.717, 1.165) is 30.4 Å². The Labute approximate surface area is 156 Å². The van der Waals surface area contributed by atoms with Crippen LogP contribution in [0.15, 0.2) is 40.8 Å². The van der Waals surface area contributed by atoms with Gasteiger partial charge in [-0.25, -0.2) is 4.39 Å². The van der Waals surface area contributed by atoms with Gasteiger partial charge in [-0.05, 0) is 85.7 Å². The monoisotopic (exact) mass is 368 g/mol. The topological polar surface area (TPSA) is 38.9 Å². The maximum Gasteiger partial charge on any atom is 0.248 e. The maximum atomic E-state index is 13.1. The molecule has 132 valence electrons. The zero-order valence-corrected chi connectivity index (χ0v) is 15.4. The quantitative estimate of drug-likeness (QED) is 0.562. The zero-order chi connectivity index (χ0) is 18.3. The van der Waals surface area contributed by atoms with E-state index in [9.17, 15) is 4.39 Å². The lowest BCUT2D eigenvalue weighted by Crippen LogP contribution is -1.93. The van der Waals surface area contributed by atoms with Crippen molar-refractivity contribution in [2.24, 2.45) is 0 Å². The first kappa shape index (κ1) is 17.0. The molecule has 0 N–H and O–H groups in total. The van der Waals surface area contributed by atoms with Gasteiger partial charge in [0.15, 0.2) is 0 Å². The van der Waals surface area contributed by atoms with Gasteiger partial charge in [-0.15, -0.1) is 10.2 Å². The van der Waals surface area contributed by atoms with Crippen LogP contribution in [-0.4, -0.2) is 10.2 Å². The minimum absolute atomic E-state index is 0.301. The molecule has 5 heteroatoms. The van der Waals surface area contributed by atoms with Crippen molar-refractivity contribution in [1.29, 1.82) is 0 Å². The summed E-state index contributed by atoms with van der Waals surface area (Å²) in [6.45, 7) is 4.20. The number of aryl methyl sites for hydroxylation is 3. The highest BCUT2D eigenvalue weighted by Gasteiger charge is 2.22. The highest BCUT2D eigenvalue weighted by molar-refractivity contribution is 6.52. The molecule has 4 rings (SSSR count). The van der Waals surface area contributed by atoms with E-state index in [1.165, 1.54) is 28.8 Å². The molecular weight excluding hydrogens is 351 g/mol. The lowest BCUT2D eigenvalue weighted by atomic mass is 9.98. The summed E-state index contributed by atoms with van der Waals surface area (Å²) in [5, 5.41) is 8.98. The molecule has 1 aliphatic carbocycles. The molecule has 26 heavy (non-hydrogen) atoms. The average molecular weight is 369 g/mol. The van der Waals surface area contributed by atoms with Gasteiger partial charge >= 0.3 is 0 Å². The second-order valence-electron chi connectivity index (χ2n) is 6.66. The Balaban J connectivity index is 1.77. The molecule has 0 unspecified atom stereocenters. The molecule has 1 aliphatic rings. The summed E-state index contributed by atoms with van der Waals surface area (Å²) < 4.78 is 19.0. The van der Waals surface area contributed by atoms with E-state index >= 15 is 0 Å². The van der Waals surface area contributed by atoms with Crippen LogP contribution in [0.3, 0.4) is 0 Å². The van der Waals surface area contributed by atoms with Crippen molar-refractivity contribution in [3.63, 3.8) is 0 Å². The van der Waals surface area contributed by atoms with E-state index < -0.39 is 0 Å². The summed E-state index contributed by atoms with van der Waals surface area (Å²) in [6, 6.07) is 10.3. The van der Waals surface area contributed by atoms with E-state index in [-0.39, 0.29) is 5.82 Å². The maximum absolute atomic E-state index is 13.1. The summed E-state index contributed by atoms with van der Waals surface area (Å²) in [5.74, 6) is 0.493. The summed E-state index contributed by atoms with van der Waals surface area (Å²) in [4.78, 5) is 0. The third-order valence-corrected chi connectivity index (χ3v) is 5.30. The molecule has 1 aromatic heterocycles. The Hall–Kier alpha value is -2.46. The smallest absolute Gasteiger partial charge is 0.248 e. The molecule has 2 aromatic carbocycles. The SMILES string of the molecule is Cc1cc2c(cc1C)C(Cl)=C(c1nnc(-c3ccc(F)cc3)o1)CCC2. The molecule has 3 nitrogen and oxygen atoms in total. The van der Waals surface area contributed by atoms with Crippen molar-refractivity contribution in [2.45, 2.75) is 33.1 Å². The van der Waals surface area contributed by atoms with Gasteiger partial charge in [-0.3, -0.25) is 0 Å². The van der Waals surface area contributed by atoms with Crippen LogP contribution in [0.1, 0.15) is 41.0 Å². The van der Waals surface area contributed by atoms with Crippen molar-refractivity contribution in [2.75, 3.05) is 0 Å². The van der Waals surface area contributed by atoms with Gasteiger partial charge in [0.25, 0.3) is 0 Å². The molecule has 3 aromatic rings. The Morgan fingerprint density at radius 3 is 2.42 bits per heavy atom. The van der Waals surface area contributed by atoms with Crippen LogP contribution in [0.5, 0.6) is 0 Å². The van der Waals surface area contributed by atoms with Crippen molar-refractivity contribution < 1.29 is 8.81 Å². The Morgan fingerprint density at radius 2 is 1.65 bits per heavy atom. The standard InChI is InChI=1S/C21H18ClFN2O/c1-12-10-15-4-3-5-17(19(22)18(15)11-13(12)2)21-25-24-20(26-21)14-6-8-16(23)9-7-14/h6-11H,3-5H2,1-2H3. The first-order valence-corrected chi connectivity index (χ1v) is 8.99. The van der Waals surface area contributed by atoms with Gasteiger partial charge in [-0.2, -0.15) is 0 Å². The second kappa shape index (κ2) is 6.69. The number of allylic oxidation sites excluding steroid dienone is 1. The first-order chi connectivity index (χ1) is 12.5. The van der Waals surface area contributed by atoms with Gasteiger partial charge in [0.05, 0.1) is 5.03 Å². The minimum atomic E-state index is -0.301. The predicted molar refractivity (Wildman–Crippen MR) is 101 cm³/mol. The fraction of sp³-hybridized carbons (Fsp3) is 0.238. The van der Waals surface area contributed by atoms with Gasteiger partial charge in [-0.1, -0.05) is 17.7 Å². The second-order valence-corrected chi connectivity index (χ2v) is 7.04. The van der Waals surface area contributed by atoms with Crippen LogP contribution in [0.4, 0.5) is 4.39 Å². The lowest BCUT2D eigenvalue weighted by molar-refractivity contribution is 0.549. The molecule has 1 heterocycles. The summed E-state index contributed by atoms with van der Waals surface area (Å²) in [5.41, 5.74) is 6.33. The Morgan fingerprint density at radius 1 is 0.962 bits per heavy atom. The number of nitrogens with zero attached hydrogens (tertiary/aromatic N) is 2. The van der Waals surface area contributed by atoms with E-state index in [0.29, 0.717) is 22.4 Å². The summed E-state index contributed by atoms with van der Waals surface area (Å²) in [6.07, 6.45) is 2.71. The number of benzene rings is 2. The van der Waals surface area contributed by atoms with Crippen LogP contribution < -0.4 is 0 Å². The predicted octanol–water partition coefficient (Wildman–Crippen LogP) is 5.94. The number of rotatable bonds is 2. The van der Waals surface area contributed by atoms with Gasteiger partial charge in [0, 0.05) is 11.1 Å². The van der Waals surface area contributed by atoms with Crippen LogP contribution in [0, 0.1) is 19.7 Å². The average Bonchev–Trinajstić information content (AvgIpc) is 3.05. The highest BCUT2D eigenvalue weighted by atomic mass is 35.5. The van der Waals surface area contributed by atoms with Gasteiger partial charge < -0.3 is 4.42 Å². The summed E-state index contributed by atoms with van der Waals surface area (Å²) >= 11 is 6.75. The molecule has 0 amide bonds. The van der Waals surface area contributed by atoms with Crippen molar-refractivity contribution in [3.05, 3.63) is 70.4 Å². The number of fused-ring (bicyclic) bond motifs is 1. The fourth-order valence-electron chi connectivity index (χ4n) is 3.27. The lowest BCUT2D eigenvalue weighted by Gasteiger charge is -2.10. The van der Waals surface area contributed by atoms with Crippen LogP contribution in [0.2, 0.25) is 0 Å². The molecule has 0 atom stereocenters. The summed E-state index contributed by atoms with van der Waals surface area (Å²) in [7, 11) is 0. The van der Waals surface area contributed by atoms with Gasteiger partial charge in [0.2, 0.25) is 11.8 Å². The third kappa shape index (κ3) is 3.06.